The average molecular weight is 161 g/mol. The Kier molecular flexibility index (Phi) is 6.24. The summed E-state index contributed by atoms with van der Waals surface area (Å²) in [5, 5.41) is 0. The third kappa shape index (κ3) is 4.18. The molecule has 0 bridgehead atoms. The van der Waals surface area contributed by atoms with E-state index in [0.717, 1.165) is 5.92 Å². The van der Waals surface area contributed by atoms with Gasteiger partial charge in [0.25, 0.3) is 0 Å². The van der Waals surface area contributed by atoms with Gasteiger partial charge in [-0.25, -0.2) is 0 Å². The number of hydrogen-bond acceptors (Lipinski definition) is 2. The summed E-state index contributed by atoms with van der Waals surface area (Å²) < 4.78 is 0. The van der Waals surface area contributed by atoms with Crippen molar-refractivity contribution in [1.82, 2.24) is 0 Å². The van der Waals surface area contributed by atoms with Crippen LogP contribution >= 0.6 is 11.8 Å². The largest absolute Gasteiger partial charge is 0.328 e. The molecule has 0 radical (unpaired) electrons. The molecule has 0 aromatic rings. The molecule has 0 spiro atoms. The van der Waals surface area contributed by atoms with E-state index in [1.165, 1.54) is 18.6 Å². The van der Waals surface area contributed by atoms with Crippen LogP contribution in [-0.2, 0) is 0 Å². The van der Waals surface area contributed by atoms with Crippen LogP contribution in [-0.4, -0.2) is 18.1 Å². The van der Waals surface area contributed by atoms with Crippen LogP contribution in [0.25, 0.3) is 0 Å². The molecule has 2 unspecified atom stereocenters. The first kappa shape index (κ1) is 10.3. The van der Waals surface area contributed by atoms with E-state index in [4.69, 9.17) is 5.73 Å². The van der Waals surface area contributed by atoms with E-state index >= 15 is 0 Å². The predicted octanol–water partition coefficient (Wildman–Crippen LogP) is 2.11. The normalized spacial score (nSPS) is 16.8. The molecule has 1 nitrogen and oxygen atoms in total. The van der Waals surface area contributed by atoms with Crippen LogP contribution in [0.1, 0.15) is 26.7 Å². The number of thioether (sulfide) groups is 1. The van der Waals surface area contributed by atoms with E-state index in [0.29, 0.717) is 6.04 Å². The minimum absolute atomic E-state index is 0.372. The second kappa shape index (κ2) is 6.05. The maximum atomic E-state index is 5.78. The highest BCUT2D eigenvalue weighted by Crippen LogP contribution is 2.13. The van der Waals surface area contributed by atoms with E-state index in [2.05, 4.69) is 20.1 Å². The average Bonchev–Trinajstić information content (AvgIpc) is 1.89. The summed E-state index contributed by atoms with van der Waals surface area (Å²) in [4.78, 5) is 0. The lowest BCUT2D eigenvalue weighted by atomic mass is 9.96. The van der Waals surface area contributed by atoms with Gasteiger partial charge in [0.2, 0.25) is 0 Å². The van der Waals surface area contributed by atoms with Gasteiger partial charge in [-0.2, -0.15) is 11.8 Å². The summed E-state index contributed by atoms with van der Waals surface area (Å²) >= 11 is 1.91. The SMILES string of the molecule is CCC(CCSC)C(C)N. The number of rotatable bonds is 5. The first-order valence-electron chi connectivity index (χ1n) is 3.96. The van der Waals surface area contributed by atoms with Crippen LogP contribution < -0.4 is 5.73 Å². The highest BCUT2D eigenvalue weighted by molar-refractivity contribution is 7.98. The summed E-state index contributed by atoms with van der Waals surface area (Å²) in [7, 11) is 0. The molecule has 62 valence electrons. The van der Waals surface area contributed by atoms with Crippen LogP contribution in [0.4, 0.5) is 0 Å². The van der Waals surface area contributed by atoms with Crippen LogP contribution in [0.2, 0.25) is 0 Å². The highest BCUT2D eigenvalue weighted by Gasteiger charge is 2.09. The fourth-order valence-electron chi connectivity index (χ4n) is 1.11. The van der Waals surface area contributed by atoms with E-state index in [1.54, 1.807) is 0 Å². The second-order valence-electron chi connectivity index (χ2n) is 2.81. The monoisotopic (exact) mass is 161 g/mol. The first-order valence-corrected chi connectivity index (χ1v) is 5.36. The van der Waals surface area contributed by atoms with E-state index in [1.807, 2.05) is 11.8 Å². The molecule has 2 N–H and O–H groups in total. The van der Waals surface area contributed by atoms with E-state index < -0.39 is 0 Å². The minimum atomic E-state index is 0.372. The maximum Gasteiger partial charge on any atom is 0.00389 e. The van der Waals surface area contributed by atoms with Crippen molar-refractivity contribution >= 4 is 11.8 Å². The molecule has 2 heteroatoms. The molecule has 0 fully saturated rings. The third-order valence-electron chi connectivity index (χ3n) is 1.96. The maximum absolute atomic E-state index is 5.78. The van der Waals surface area contributed by atoms with Crippen molar-refractivity contribution in [2.45, 2.75) is 32.7 Å². The molecule has 0 aromatic carbocycles. The van der Waals surface area contributed by atoms with E-state index in [9.17, 15) is 0 Å². The molecular weight excluding hydrogens is 142 g/mol. The predicted molar refractivity (Wildman–Crippen MR) is 50.4 cm³/mol. The Hall–Kier alpha value is 0.310. The molecule has 0 saturated carbocycles. The standard InChI is InChI=1S/C8H19NS/c1-4-8(7(2)9)5-6-10-3/h7-8H,4-6,9H2,1-3H3. The Balaban J connectivity index is 3.40. The van der Waals surface area contributed by atoms with Crippen molar-refractivity contribution < 1.29 is 0 Å². The van der Waals surface area contributed by atoms with Gasteiger partial charge in [0.05, 0.1) is 0 Å². The van der Waals surface area contributed by atoms with Gasteiger partial charge >= 0.3 is 0 Å². The molecule has 0 rings (SSSR count). The van der Waals surface area contributed by atoms with Gasteiger partial charge in [-0.1, -0.05) is 13.3 Å². The topological polar surface area (TPSA) is 26.0 Å². The summed E-state index contributed by atoms with van der Waals surface area (Å²) in [6.07, 6.45) is 4.64. The Labute approximate surface area is 68.8 Å². The summed E-state index contributed by atoms with van der Waals surface area (Å²) in [5.41, 5.74) is 5.78. The zero-order valence-corrected chi connectivity index (χ0v) is 8.08. The van der Waals surface area contributed by atoms with Gasteiger partial charge < -0.3 is 5.73 Å². The number of hydrogen-bond donors (Lipinski definition) is 1. The van der Waals surface area contributed by atoms with Crippen molar-refractivity contribution in [2.24, 2.45) is 11.7 Å². The third-order valence-corrected chi connectivity index (χ3v) is 2.60. The molecule has 0 aliphatic carbocycles. The molecule has 2 atom stereocenters. The quantitative estimate of drug-likeness (QED) is 0.668. The lowest BCUT2D eigenvalue weighted by Crippen LogP contribution is -2.26. The van der Waals surface area contributed by atoms with Gasteiger partial charge in [-0.3, -0.25) is 0 Å². The number of nitrogens with two attached hydrogens (primary N) is 1. The molecular formula is C8H19NS. The van der Waals surface area contributed by atoms with Crippen molar-refractivity contribution in [3.8, 4) is 0 Å². The van der Waals surface area contributed by atoms with Gasteiger partial charge in [-0.15, -0.1) is 0 Å². The molecule has 10 heavy (non-hydrogen) atoms. The first-order chi connectivity index (χ1) is 4.72. The molecule has 0 aliphatic rings. The Morgan fingerprint density at radius 3 is 2.40 bits per heavy atom. The second-order valence-corrected chi connectivity index (χ2v) is 3.79. The minimum Gasteiger partial charge on any atom is -0.328 e. The molecule has 0 aromatic heterocycles. The van der Waals surface area contributed by atoms with Crippen molar-refractivity contribution in [2.75, 3.05) is 12.0 Å². The van der Waals surface area contributed by atoms with Crippen LogP contribution in [0, 0.1) is 5.92 Å². The Morgan fingerprint density at radius 1 is 1.50 bits per heavy atom. The zero-order chi connectivity index (χ0) is 7.98. The fourth-order valence-corrected chi connectivity index (χ4v) is 1.65. The highest BCUT2D eigenvalue weighted by atomic mass is 32.2. The molecule has 0 heterocycles. The Morgan fingerprint density at radius 2 is 2.10 bits per heavy atom. The smallest absolute Gasteiger partial charge is 0.00389 e. The van der Waals surface area contributed by atoms with Crippen LogP contribution in [0.5, 0.6) is 0 Å². The lowest BCUT2D eigenvalue weighted by molar-refractivity contribution is 0.420. The van der Waals surface area contributed by atoms with Gasteiger partial charge in [0, 0.05) is 6.04 Å². The zero-order valence-electron chi connectivity index (χ0n) is 7.26. The van der Waals surface area contributed by atoms with Gasteiger partial charge in [0.1, 0.15) is 0 Å². The fraction of sp³-hybridized carbons (Fsp3) is 1.00. The van der Waals surface area contributed by atoms with Gasteiger partial charge in [-0.05, 0) is 31.3 Å². The van der Waals surface area contributed by atoms with Crippen molar-refractivity contribution in [3.63, 3.8) is 0 Å². The van der Waals surface area contributed by atoms with Crippen molar-refractivity contribution in [3.05, 3.63) is 0 Å². The van der Waals surface area contributed by atoms with Gasteiger partial charge in [0.15, 0.2) is 0 Å². The molecule has 0 aliphatic heterocycles. The van der Waals surface area contributed by atoms with Crippen molar-refractivity contribution in [1.29, 1.82) is 0 Å². The Bertz CT molecular complexity index is 73.7. The summed E-state index contributed by atoms with van der Waals surface area (Å²) in [5.74, 6) is 1.98. The molecule has 0 amide bonds. The lowest BCUT2D eigenvalue weighted by Gasteiger charge is -2.17. The summed E-state index contributed by atoms with van der Waals surface area (Å²) in [6.45, 7) is 4.32. The summed E-state index contributed by atoms with van der Waals surface area (Å²) in [6, 6.07) is 0.372. The van der Waals surface area contributed by atoms with Crippen LogP contribution in [0.3, 0.4) is 0 Å². The molecule has 0 saturated heterocycles. The van der Waals surface area contributed by atoms with Crippen LogP contribution in [0.15, 0.2) is 0 Å². The van der Waals surface area contributed by atoms with E-state index in [-0.39, 0.29) is 0 Å².